The fourth-order valence-electron chi connectivity index (χ4n) is 3.18. The Kier molecular flexibility index (Phi) is 5.47. The lowest BCUT2D eigenvalue weighted by molar-refractivity contribution is -0.157. The Morgan fingerprint density at radius 1 is 1.07 bits per heavy atom. The Balaban J connectivity index is 2.07. The van der Waals surface area contributed by atoms with Crippen LogP contribution >= 0.6 is 11.6 Å². The fourth-order valence-corrected chi connectivity index (χ4v) is 3.31. The molecule has 1 aliphatic rings. The second kappa shape index (κ2) is 7.80. The van der Waals surface area contributed by atoms with Gasteiger partial charge in [-0.25, -0.2) is 0 Å². The standard InChI is InChI=1S/C22H19ClO4/c1-13-19(10-15-4-6-16(23)7-5-15)18-9-8-17(26-3)11-21(18)20(13)12-22(25)27-14(2)24/h4-11H,12H2,1-3H3/b19-10-. The van der Waals surface area contributed by atoms with Crippen LogP contribution in [0.5, 0.6) is 5.75 Å². The summed E-state index contributed by atoms with van der Waals surface area (Å²) in [5.41, 5.74) is 5.73. The summed E-state index contributed by atoms with van der Waals surface area (Å²) < 4.78 is 10.1. The van der Waals surface area contributed by atoms with E-state index in [1.165, 1.54) is 6.92 Å². The van der Waals surface area contributed by atoms with E-state index in [2.05, 4.69) is 6.08 Å². The highest BCUT2D eigenvalue weighted by molar-refractivity contribution is 6.30. The maximum atomic E-state index is 12.1. The zero-order valence-corrected chi connectivity index (χ0v) is 16.1. The molecule has 0 spiro atoms. The topological polar surface area (TPSA) is 52.6 Å². The molecule has 0 aromatic heterocycles. The molecule has 0 N–H and O–H groups in total. The van der Waals surface area contributed by atoms with Gasteiger partial charge in [-0.05, 0) is 70.7 Å². The molecule has 2 aromatic rings. The van der Waals surface area contributed by atoms with Crippen LogP contribution in [0.3, 0.4) is 0 Å². The number of benzene rings is 2. The third-order valence-electron chi connectivity index (χ3n) is 4.46. The number of methoxy groups -OCH3 is 1. The van der Waals surface area contributed by atoms with Crippen LogP contribution in [-0.4, -0.2) is 19.0 Å². The van der Waals surface area contributed by atoms with Crippen LogP contribution in [0.25, 0.3) is 17.2 Å². The molecule has 1 aliphatic carbocycles. The Bertz CT molecular complexity index is 968. The van der Waals surface area contributed by atoms with Crippen molar-refractivity contribution in [2.45, 2.75) is 20.3 Å². The van der Waals surface area contributed by atoms with Gasteiger partial charge in [-0.1, -0.05) is 29.8 Å². The number of hydrogen-bond acceptors (Lipinski definition) is 4. The molecule has 0 atom stereocenters. The first-order valence-corrected chi connectivity index (χ1v) is 8.84. The molecule has 0 bridgehead atoms. The summed E-state index contributed by atoms with van der Waals surface area (Å²) in [7, 11) is 1.60. The SMILES string of the molecule is COc1ccc2c(c1)C(CC(=O)OC(C)=O)=C(C)/C2=C/c1ccc(Cl)cc1. The van der Waals surface area contributed by atoms with Gasteiger partial charge in [-0.3, -0.25) is 9.59 Å². The lowest BCUT2D eigenvalue weighted by Gasteiger charge is -2.08. The minimum atomic E-state index is -0.612. The molecule has 4 nitrogen and oxygen atoms in total. The van der Waals surface area contributed by atoms with Gasteiger partial charge in [0.25, 0.3) is 0 Å². The largest absolute Gasteiger partial charge is 0.497 e. The van der Waals surface area contributed by atoms with Crippen molar-refractivity contribution in [3.63, 3.8) is 0 Å². The second-order valence-corrected chi connectivity index (χ2v) is 6.70. The monoisotopic (exact) mass is 382 g/mol. The third-order valence-corrected chi connectivity index (χ3v) is 4.71. The van der Waals surface area contributed by atoms with Crippen LogP contribution in [0.15, 0.2) is 48.0 Å². The summed E-state index contributed by atoms with van der Waals surface area (Å²) in [6.07, 6.45) is 2.07. The number of carbonyl (C=O) groups is 2. The summed E-state index contributed by atoms with van der Waals surface area (Å²) in [6.45, 7) is 3.18. The van der Waals surface area contributed by atoms with Gasteiger partial charge < -0.3 is 9.47 Å². The quantitative estimate of drug-likeness (QED) is 0.541. The van der Waals surface area contributed by atoms with Gasteiger partial charge in [0.1, 0.15) is 5.75 Å². The van der Waals surface area contributed by atoms with Gasteiger partial charge in [0, 0.05) is 11.9 Å². The van der Waals surface area contributed by atoms with Crippen LogP contribution in [-0.2, 0) is 14.3 Å². The van der Waals surface area contributed by atoms with Gasteiger partial charge in [0.15, 0.2) is 0 Å². The highest BCUT2D eigenvalue weighted by Gasteiger charge is 2.26. The molecule has 3 rings (SSSR count). The third kappa shape index (κ3) is 4.12. The highest BCUT2D eigenvalue weighted by atomic mass is 35.5. The summed E-state index contributed by atoms with van der Waals surface area (Å²) >= 11 is 5.97. The molecule has 0 unspecified atom stereocenters. The number of fused-ring (bicyclic) bond motifs is 1. The highest BCUT2D eigenvalue weighted by Crippen LogP contribution is 2.45. The van der Waals surface area contributed by atoms with Crippen molar-refractivity contribution < 1.29 is 19.1 Å². The number of carbonyl (C=O) groups excluding carboxylic acids is 2. The Labute approximate surface area is 163 Å². The molecule has 2 aromatic carbocycles. The summed E-state index contributed by atoms with van der Waals surface area (Å²) in [6, 6.07) is 13.3. The van der Waals surface area contributed by atoms with E-state index < -0.39 is 11.9 Å². The van der Waals surface area contributed by atoms with Gasteiger partial charge in [-0.15, -0.1) is 0 Å². The van der Waals surface area contributed by atoms with E-state index in [0.29, 0.717) is 10.8 Å². The summed E-state index contributed by atoms with van der Waals surface area (Å²) in [4.78, 5) is 23.2. The van der Waals surface area contributed by atoms with E-state index in [1.54, 1.807) is 7.11 Å². The molecule has 0 saturated heterocycles. The molecule has 27 heavy (non-hydrogen) atoms. The first-order valence-electron chi connectivity index (χ1n) is 8.46. The summed E-state index contributed by atoms with van der Waals surface area (Å²) in [5, 5.41) is 0.675. The van der Waals surface area contributed by atoms with E-state index >= 15 is 0 Å². The van der Waals surface area contributed by atoms with Gasteiger partial charge >= 0.3 is 11.9 Å². The molecule has 0 aliphatic heterocycles. The number of ether oxygens (including phenoxy) is 2. The van der Waals surface area contributed by atoms with E-state index in [-0.39, 0.29) is 6.42 Å². The van der Waals surface area contributed by atoms with Crippen LogP contribution in [0.2, 0.25) is 5.02 Å². The molecule has 0 amide bonds. The molecule has 0 radical (unpaired) electrons. The van der Waals surface area contributed by atoms with Crippen LogP contribution in [0, 0.1) is 0 Å². The second-order valence-electron chi connectivity index (χ2n) is 6.27. The van der Waals surface area contributed by atoms with Crippen molar-refractivity contribution in [3.8, 4) is 5.75 Å². The fraction of sp³-hybridized carbons (Fsp3) is 0.182. The zero-order valence-electron chi connectivity index (χ0n) is 15.3. The van der Waals surface area contributed by atoms with Crippen molar-refractivity contribution in [3.05, 3.63) is 69.8 Å². The van der Waals surface area contributed by atoms with E-state index in [1.807, 2.05) is 49.4 Å². The number of rotatable bonds is 4. The van der Waals surface area contributed by atoms with Crippen molar-refractivity contribution in [2.75, 3.05) is 7.11 Å². The lowest BCUT2D eigenvalue weighted by Crippen LogP contribution is -2.09. The molecular weight excluding hydrogens is 364 g/mol. The predicted molar refractivity (Wildman–Crippen MR) is 106 cm³/mol. The lowest BCUT2D eigenvalue weighted by atomic mass is 10.0. The number of hydrogen-bond donors (Lipinski definition) is 0. The number of halogens is 1. The van der Waals surface area contributed by atoms with Crippen LogP contribution in [0.1, 0.15) is 37.0 Å². The van der Waals surface area contributed by atoms with Crippen molar-refractivity contribution in [1.82, 2.24) is 0 Å². The summed E-state index contributed by atoms with van der Waals surface area (Å²) in [5.74, 6) is -0.482. The maximum Gasteiger partial charge on any atom is 0.317 e. The van der Waals surface area contributed by atoms with E-state index in [0.717, 1.165) is 33.4 Å². The molecule has 0 heterocycles. The zero-order chi connectivity index (χ0) is 19.6. The molecular formula is C22H19ClO4. The Hall–Kier alpha value is -2.85. The average Bonchev–Trinajstić information content (AvgIpc) is 2.88. The molecule has 0 saturated carbocycles. The van der Waals surface area contributed by atoms with E-state index in [9.17, 15) is 9.59 Å². The smallest absolute Gasteiger partial charge is 0.317 e. The normalized spacial score (nSPS) is 14.3. The van der Waals surface area contributed by atoms with Crippen molar-refractivity contribution >= 4 is 40.8 Å². The molecule has 138 valence electrons. The Morgan fingerprint density at radius 3 is 2.41 bits per heavy atom. The van der Waals surface area contributed by atoms with Crippen molar-refractivity contribution in [1.29, 1.82) is 0 Å². The molecule has 5 heteroatoms. The minimum Gasteiger partial charge on any atom is -0.497 e. The first kappa shape index (κ1) is 18.9. The number of esters is 2. The Morgan fingerprint density at radius 2 is 1.78 bits per heavy atom. The van der Waals surface area contributed by atoms with Crippen LogP contribution in [0.4, 0.5) is 0 Å². The number of allylic oxidation sites excluding steroid dienone is 2. The van der Waals surface area contributed by atoms with Crippen LogP contribution < -0.4 is 4.74 Å². The maximum absolute atomic E-state index is 12.1. The first-order chi connectivity index (χ1) is 12.9. The predicted octanol–water partition coefficient (Wildman–Crippen LogP) is 5.16. The van der Waals surface area contributed by atoms with Gasteiger partial charge in [-0.2, -0.15) is 0 Å². The van der Waals surface area contributed by atoms with Gasteiger partial charge in [0.2, 0.25) is 0 Å². The van der Waals surface area contributed by atoms with Crippen molar-refractivity contribution in [2.24, 2.45) is 0 Å². The van der Waals surface area contributed by atoms with Gasteiger partial charge in [0.05, 0.1) is 13.5 Å². The van der Waals surface area contributed by atoms with E-state index in [4.69, 9.17) is 21.1 Å². The minimum absolute atomic E-state index is 0.0174. The molecule has 0 fully saturated rings. The average molecular weight is 383 g/mol.